The van der Waals surface area contributed by atoms with E-state index in [-0.39, 0.29) is 5.91 Å². The van der Waals surface area contributed by atoms with Crippen LogP contribution in [-0.2, 0) is 0 Å². The highest BCUT2D eigenvalue weighted by Gasteiger charge is 2.24. The third kappa shape index (κ3) is 3.01. The summed E-state index contributed by atoms with van der Waals surface area (Å²) in [7, 11) is 0. The van der Waals surface area contributed by atoms with Gasteiger partial charge in [0.25, 0.3) is 5.91 Å². The van der Waals surface area contributed by atoms with Gasteiger partial charge in [0, 0.05) is 37.8 Å². The number of carbonyl (C=O) groups is 1. The van der Waals surface area contributed by atoms with E-state index in [4.69, 9.17) is 11.6 Å². The summed E-state index contributed by atoms with van der Waals surface area (Å²) in [6.07, 6.45) is 2.20. The second kappa shape index (κ2) is 5.39. The van der Waals surface area contributed by atoms with Crippen LogP contribution in [0.1, 0.15) is 23.2 Å². The molecule has 2 N–H and O–H groups in total. The standard InChI is InChI=1S/C14H18ClN3O/c15-12-4-1-10(14(19)17-11-2-3-11)9-13(12)18-7-5-16-6-8-18/h1,4,9,11,16H,2-3,5-8H2,(H,17,19). The number of nitrogens with one attached hydrogen (secondary N) is 2. The third-order valence-electron chi connectivity index (χ3n) is 3.58. The van der Waals surface area contributed by atoms with Crippen molar-refractivity contribution in [1.29, 1.82) is 0 Å². The molecule has 1 saturated carbocycles. The van der Waals surface area contributed by atoms with Gasteiger partial charge >= 0.3 is 0 Å². The number of hydrogen-bond donors (Lipinski definition) is 2. The Bertz CT molecular complexity index is 482. The van der Waals surface area contributed by atoms with Crippen LogP contribution in [-0.4, -0.2) is 38.1 Å². The molecule has 3 rings (SSSR count). The lowest BCUT2D eigenvalue weighted by Crippen LogP contribution is -2.43. The minimum Gasteiger partial charge on any atom is -0.368 e. The molecule has 1 saturated heterocycles. The highest BCUT2D eigenvalue weighted by molar-refractivity contribution is 6.33. The highest BCUT2D eigenvalue weighted by Crippen LogP contribution is 2.28. The van der Waals surface area contributed by atoms with Gasteiger partial charge in [0.1, 0.15) is 0 Å². The SMILES string of the molecule is O=C(NC1CC1)c1ccc(Cl)c(N2CCNCC2)c1. The molecule has 5 heteroatoms. The van der Waals surface area contributed by atoms with Crippen molar-refractivity contribution < 1.29 is 4.79 Å². The molecule has 2 fully saturated rings. The first-order valence-electron chi connectivity index (χ1n) is 6.80. The minimum absolute atomic E-state index is 0.00977. The van der Waals surface area contributed by atoms with E-state index < -0.39 is 0 Å². The number of hydrogen-bond acceptors (Lipinski definition) is 3. The van der Waals surface area contributed by atoms with Crippen molar-refractivity contribution >= 4 is 23.2 Å². The van der Waals surface area contributed by atoms with E-state index in [1.54, 1.807) is 6.07 Å². The predicted octanol–water partition coefficient (Wildman–Crippen LogP) is 1.64. The van der Waals surface area contributed by atoms with E-state index in [0.717, 1.165) is 44.7 Å². The van der Waals surface area contributed by atoms with Gasteiger partial charge in [0.15, 0.2) is 0 Å². The first kappa shape index (κ1) is 12.8. The second-order valence-electron chi connectivity index (χ2n) is 5.15. The molecule has 0 unspecified atom stereocenters. The Morgan fingerprint density at radius 1 is 1.32 bits per heavy atom. The van der Waals surface area contributed by atoms with Crippen molar-refractivity contribution in [3.8, 4) is 0 Å². The first-order chi connectivity index (χ1) is 9.24. The molecule has 0 radical (unpaired) electrons. The van der Waals surface area contributed by atoms with Gasteiger partial charge < -0.3 is 15.5 Å². The number of amides is 1. The van der Waals surface area contributed by atoms with Gasteiger partial charge in [-0.05, 0) is 31.0 Å². The lowest BCUT2D eigenvalue weighted by molar-refractivity contribution is 0.0951. The maximum Gasteiger partial charge on any atom is 0.251 e. The Balaban J connectivity index is 1.79. The van der Waals surface area contributed by atoms with Gasteiger partial charge in [-0.15, -0.1) is 0 Å². The Hall–Kier alpha value is -1.26. The van der Waals surface area contributed by atoms with Crippen LogP contribution in [0.15, 0.2) is 18.2 Å². The molecule has 0 aromatic heterocycles. The molecule has 1 aromatic carbocycles. The monoisotopic (exact) mass is 279 g/mol. The Morgan fingerprint density at radius 2 is 2.05 bits per heavy atom. The van der Waals surface area contributed by atoms with Crippen molar-refractivity contribution in [3.05, 3.63) is 28.8 Å². The molecule has 1 aliphatic heterocycles. The van der Waals surface area contributed by atoms with Gasteiger partial charge in [0.05, 0.1) is 10.7 Å². The quantitative estimate of drug-likeness (QED) is 0.884. The Kier molecular flexibility index (Phi) is 3.62. The summed E-state index contributed by atoms with van der Waals surface area (Å²) in [5.41, 5.74) is 1.66. The molecule has 1 heterocycles. The van der Waals surface area contributed by atoms with E-state index in [1.165, 1.54) is 0 Å². The van der Waals surface area contributed by atoms with Crippen LogP contribution >= 0.6 is 11.6 Å². The predicted molar refractivity (Wildman–Crippen MR) is 77.0 cm³/mol. The van der Waals surface area contributed by atoms with Crippen molar-refractivity contribution in [2.24, 2.45) is 0 Å². The average Bonchev–Trinajstić information content (AvgIpc) is 3.24. The third-order valence-corrected chi connectivity index (χ3v) is 3.90. The fourth-order valence-electron chi connectivity index (χ4n) is 2.30. The van der Waals surface area contributed by atoms with Crippen LogP contribution in [0.3, 0.4) is 0 Å². The van der Waals surface area contributed by atoms with Gasteiger partial charge in [0.2, 0.25) is 0 Å². The van der Waals surface area contributed by atoms with Gasteiger partial charge in [-0.3, -0.25) is 4.79 Å². The molecular formula is C14H18ClN3O. The smallest absolute Gasteiger partial charge is 0.251 e. The Labute approximate surface area is 118 Å². The van der Waals surface area contributed by atoms with E-state index in [1.807, 2.05) is 12.1 Å². The van der Waals surface area contributed by atoms with Crippen molar-refractivity contribution in [1.82, 2.24) is 10.6 Å². The number of anilines is 1. The van der Waals surface area contributed by atoms with Crippen LogP contribution in [0.4, 0.5) is 5.69 Å². The number of nitrogens with zero attached hydrogens (tertiary/aromatic N) is 1. The second-order valence-corrected chi connectivity index (χ2v) is 5.56. The summed E-state index contributed by atoms with van der Waals surface area (Å²) >= 11 is 6.26. The summed E-state index contributed by atoms with van der Waals surface area (Å²) < 4.78 is 0. The van der Waals surface area contributed by atoms with Gasteiger partial charge in [-0.2, -0.15) is 0 Å². The van der Waals surface area contributed by atoms with Crippen LogP contribution < -0.4 is 15.5 Å². The summed E-state index contributed by atoms with van der Waals surface area (Å²) in [5.74, 6) is 0.00977. The zero-order valence-corrected chi connectivity index (χ0v) is 11.5. The fourth-order valence-corrected chi connectivity index (χ4v) is 2.54. The minimum atomic E-state index is 0.00977. The molecule has 1 aliphatic carbocycles. The summed E-state index contributed by atoms with van der Waals surface area (Å²) in [4.78, 5) is 14.3. The highest BCUT2D eigenvalue weighted by atomic mass is 35.5. The fraction of sp³-hybridized carbons (Fsp3) is 0.500. The molecule has 1 amide bonds. The van der Waals surface area contributed by atoms with E-state index >= 15 is 0 Å². The molecule has 0 bridgehead atoms. The van der Waals surface area contributed by atoms with Crippen LogP contribution in [0.2, 0.25) is 5.02 Å². The normalized spacial score (nSPS) is 19.3. The van der Waals surface area contributed by atoms with Crippen molar-refractivity contribution in [2.45, 2.75) is 18.9 Å². The molecule has 1 aromatic rings. The lowest BCUT2D eigenvalue weighted by atomic mass is 10.1. The van der Waals surface area contributed by atoms with Crippen LogP contribution in [0.5, 0.6) is 0 Å². The average molecular weight is 280 g/mol. The van der Waals surface area contributed by atoms with E-state index in [9.17, 15) is 4.79 Å². The number of halogens is 1. The maximum absolute atomic E-state index is 12.1. The zero-order chi connectivity index (χ0) is 13.2. The van der Waals surface area contributed by atoms with Crippen molar-refractivity contribution in [3.63, 3.8) is 0 Å². The molecule has 0 spiro atoms. The molecule has 4 nitrogen and oxygen atoms in total. The largest absolute Gasteiger partial charge is 0.368 e. The van der Waals surface area contributed by atoms with Gasteiger partial charge in [-0.1, -0.05) is 11.6 Å². The topological polar surface area (TPSA) is 44.4 Å². The molecule has 2 aliphatic rings. The molecular weight excluding hydrogens is 262 g/mol. The molecule has 0 atom stereocenters. The van der Waals surface area contributed by atoms with Crippen LogP contribution in [0.25, 0.3) is 0 Å². The first-order valence-corrected chi connectivity index (χ1v) is 7.18. The van der Waals surface area contributed by atoms with Gasteiger partial charge in [-0.25, -0.2) is 0 Å². The Morgan fingerprint density at radius 3 is 2.74 bits per heavy atom. The number of piperazine rings is 1. The van der Waals surface area contributed by atoms with Crippen molar-refractivity contribution in [2.75, 3.05) is 31.1 Å². The maximum atomic E-state index is 12.1. The molecule has 19 heavy (non-hydrogen) atoms. The summed E-state index contributed by atoms with van der Waals surface area (Å²) in [6, 6.07) is 5.91. The number of benzene rings is 1. The number of rotatable bonds is 3. The lowest BCUT2D eigenvalue weighted by Gasteiger charge is -2.30. The van der Waals surface area contributed by atoms with E-state index in [2.05, 4.69) is 15.5 Å². The summed E-state index contributed by atoms with van der Waals surface area (Å²) in [5, 5.41) is 7.03. The van der Waals surface area contributed by atoms with E-state index in [0.29, 0.717) is 16.6 Å². The molecule has 102 valence electrons. The van der Waals surface area contributed by atoms with Crippen LogP contribution in [0, 0.1) is 0 Å². The zero-order valence-electron chi connectivity index (χ0n) is 10.8. The number of carbonyl (C=O) groups excluding carboxylic acids is 1. The summed E-state index contributed by atoms with van der Waals surface area (Å²) in [6.45, 7) is 3.75.